The van der Waals surface area contributed by atoms with Gasteiger partial charge in [-0.05, 0) is 44.0 Å². The summed E-state index contributed by atoms with van der Waals surface area (Å²) in [5.41, 5.74) is 6.71. The van der Waals surface area contributed by atoms with Crippen molar-refractivity contribution in [3.63, 3.8) is 0 Å². The molecule has 1 aromatic heterocycles. The molecule has 0 spiro atoms. The minimum Gasteiger partial charge on any atom is -0.365 e. The molecule has 3 amide bonds. The SMILES string of the molecule is CC(=O)N1CCc2c(sc(NC(=O)c3cccc(S(=O)(=O)C(C)C)c3)c2C(N)=O)C1. The number of fused-ring (bicyclic) bond motifs is 1. The van der Waals surface area contributed by atoms with Crippen molar-refractivity contribution in [2.45, 2.75) is 43.9 Å². The van der Waals surface area contributed by atoms with E-state index in [2.05, 4.69) is 5.32 Å². The molecule has 0 aliphatic carbocycles. The Labute approximate surface area is 179 Å². The fraction of sp³-hybridized carbons (Fsp3) is 0.350. The van der Waals surface area contributed by atoms with Gasteiger partial charge in [-0.3, -0.25) is 14.4 Å². The lowest BCUT2D eigenvalue weighted by atomic mass is 10.0. The largest absolute Gasteiger partial charge is 0.365 e. The number of nitrogens with one attached hydrogen (secondary N) is 1. The number of hydrogen-bond donors (Lipinski definition) is 2. The maximum Gasteiger partial charge on any atom is 0.256 e. The van der Waals surface area contributed by atoms with Crippen LogP contribution in [0.3, 0.4) is 0 Å². The van der Waals surface area contributed by atoms with E-state index in [1.165, 1.54) is 42.5 Å². The van der Waals surface area contributed by atoms with Crippen LogP contribution in [0, 0.1) is 0 Å². The topological polar surface area (TPSA) is 127 Å². The zero-order chi connectivity index (χ0) is 22.2. The third-order valence-corrected chi connectivity index (χ3v) is 8.31. The van der Waals surface area contributed by atoms with Crippen LogP contribution in [0.25, 0.3) is 0 Å². The number of sulfone groups is 1. The molecule has 2 aromatic rings. The molecule has 8 nitrogen and oxygen atoms in total. The number of primary amides is 1. The fourth-order valence-corrected chi connectivity index (χ4v) is 5.65. The Morgan fingerprint density at radius 2 is 1.93 bits per heavy atom. The Morgan fingerprint density at radius 3 is 2.53 bits per heavy atom. The van der Waals surface area contributed by atoms with Crippen molar-refractivity contribution >= 4 is 43.9 Å². The van der Waals surface area contributed by atoms with Crippen LogP contribution in [0.1, 0.15) is 51.9 Å². The van der Waals surface area contributed by atoms with Crippen molar-refractivity contribution < 1.29 is 22.8 Å². The maximum absolute atomic E-state index is 12.8. The molecule has 30 heavy (non-hydrogen) atoms. The van der Waals surface area contributed by atoms with E-state index >= 15 is 0 Å². The number of carbonyl (C=O) groups is 3. The fourth-order valence-electron chi connectivity index (χ4n) is 3.28. The Balaban J connectivity index is 1.93. The number of nitrogens with two attached hydrogens (primary N) is 1. The highest BCUT2D eigenvalue weighted by Crippen LogP contribution is 2.37. The molecule has 0 bridgehead atoms. The number of anilines is 1. The summed E-state index contributed by atoms with van der Waals surface area (Å²) in [7, 11) is -3.53. The first-order valence-electron chi connectivity index (χ1n) is 9.37. The van der Waals surface area contributed by atoms with Crippen molar-refractivity contribution in [1.29, 1.82) is 0 Å². The molecule has 0 atom stereocenters. The van der Waals surface area contributed by atoms with Gasteiger partial charge in [0.05, 0.1) is 22.3 Å². The monoisotopic (exact) mass is 449 g/mol. The van der Waals surface area contributed by atoms with Gasteiger partial charge in [0.1, 0.15) is 5.00 Å². The Hall–Kier alpha value is -2.72. The van der Waals surface area contributed by atoms with Crippen molar-refractivity contribution in [2.24, 2.45) is 5.73 Å². The summed E-state index contributed by atoms with van der Waals surface area (Å²) in [6, 6.07) is 5.77. The molecule has 1 aromatic carbocycles. The Bertz CT molecular complexity index is 1140. The van der Waals surface area contributed by atoms with E-state index in [1.807, 2.05) is 0 Å². The molecule has 0 unspecified atom stereocenters. The quantitative estimate of drug-likeness (QED) is 0.723. The molecule has 160 valence electrons. The van der Waals surface area contributed by atoms with Crippen LogP contribution >= 0.6 is 11.3 Å². The molecule has 0 radical (unpaired) electrons. The highest BCUT2D eigenvalue weighted by Gasteiger charge is 2.29. The molecule has 1 aliphatic rings. The molecule has 0 fully saturated rings. The lowest BCUT2D eigenvalue weighted by Crippen LogP contribution is -2.34. The highest BCUT2D eigenvalue weighted by atomic mass is 32.2. The third kappa shape index (κ3) is 4.10. The molecule has 0 saturated heterocycles. The minimum absolute atomic E-state index is 0.0582. The number of hydrogen-bond acceptors (Lipinski definition) is 6. The van der Waals surface area contributed by atoms with Crippen LogP contribution < -0.4 is 11.1 Å². The number of benzene rings is 1. The summed E-state index contributed by atoms with van der Waals surface area (Å²) in [5.74, 6) is -1.26. The molecule has 2 heterocycles. The standard InChI is InChI=1S/C20H23N3O5S2/c1-11(2)30(27,28)14-6-4-5-13(9-14)19(26)22-20-17(18(21)25)15-7-8-23(12(3)24)10-16(15)29-20/h4-6,9,11H,7-8,10H2,1-3H3,(H2,21,25)(H,22,26). The predicted molar refractivity (Wildman–Crippen MR) is 114 cm³/mol. The number of carbonyl (C=O) groups excluding carboxylic acids is 3. The van der Waals surface area contributed by atoms with Gasteiger partial charge in [0.2, 0.25) is 5.91 Å². The van der Waals surface area contributed by atoms with Crippen LogP contribution in [0.4, 0.5) is 5.00 Å². The Morgan fingerprint density at radius 1 is 1.23 bits per heavy atom. The lowest BCUT2D eigenvalue weighted by Gasteiger charge is -2.25. The van der Waals surface area contributed by atoms with E-state index in [1.54, 1.807) is 18.7 Å². The second kappa shape index (κ2) is 8.19. The summed E-state index contributed by atoms with van der Waals surface area (Å²) in [5, 5.41) is 2.38. The molecular formula is C20H23N3O5S2. The predicted octanol–water partition coefficient (Wildman–Crippen LogP) is 2.19. The van der Waals surface area contributed by atoms with Crippen LogP contribution in [0.15, 0.2) is 29.2 Å². The summed E-state index contributed by atoms with van der Waals surface area (Å²) < 4.78 is 24.8. The van der Waals surface area contributed by atoms with E-state index in [0.717, 1.165) is 10.4 Å². The van der Waals surface area contributed by atoms with Gasteiger partial charge in [0.25, 0.3) is 11.8 Å². The summed E-state index contributed by atoms with van der Waals surface area (Å²) in [4.78, 5) is 39.1. The molecule has 3 rings (SSSR count). The summed E-state index contributed by atoms with van der Waals surface area (Å²) in [6.07, 6.45) is 0.474. The van der Waals surface area contributed by atoms with Crippen LogP contribution in [-0.2, 0) is 27.6 Å². The first kappa shape index (κ1) is 22.0. The second-order valence-corrected chi connectivity index (χ2v) is 10.9. The van der Waals surface area contributed by atoms with E-state index in [0.29, 0.717) is 24.5 Å². The maximum atomic E-state index is 12.8. The normalized spacial score (nSPS) is 13.8. The zero-order valence-electron chi connectivity index (χ0n) is 16.9. The van der Waals surface area contributed by atoms with Gasteiger partial charge >= 0.3 is 0 Å². The smallest absolute Gasteiger partial charge is 0.256 e. The van der Waals surface area contributed by atoms with Gasteiger partial charge in [-0.2, -0.15) is 0 Å². The van der Waals surface area contributed by atoms with Crippen LogP contribution in [0.2, 0.25) is 0 Å². The molecule has 10 heteroatoms. The molecular weight excluding hydrogens is 426 g/mol. The van der Waals surface area contributed by atoms with Crippen LogP contribution in [-0.4, -0.2) is 42.8 Å². The van der Waals surface area contributed by atoms with E-state index in [9.17, 15) is 22.8 Å². The van der Waals surface area contributed by atoms with E-state index in [4.69, 9.17) is 5.73 Å². The highest BCUT2D eigenvalue weighted by molar-refractivity contribution is 7.92. The number of rotatable bonds is 5. The van der Waals surface area contributed by atoms with Crippen molar-refractivity contribution in [3.8, 4) is 0 Å². The zero-order valence-corrected chi connectivity index (χ0v) is 18.5. The van der Waals surface area contributed by atoms with Gasteiger partial charge in [-0.25, -0.2) is 8.42 Å². The van der Waals surface area contributed by atoms with Crippen molar-refractivity contribution in [3.05, 3.63) is 45.8 Å². The minimum atomic E-state index is -3.53. The number of thiophene rings is 1. The van der Waals surface area contributed by atoms with Gasteiger partial charge in [0, 0.05) is 23.9 Å². The average Bonchev–Trinajstić information content (AvgIpc) is 3.04. The molecule has 0 saturated carbocycles. The van der Waals surface area contributed by atoms with Gasteiger partial charge in [-0.1, -0.05) is 6.07 Å². The number of nitrogens with zero attached hydrogens (tertiary/aromatic N) is 1. The molecule has 3 N–H and O–H groups in total. The lowest BCUT2D eigenvalue weighted by molar-refractivity contribution is -0.129. The first-order valence-corrected chi connectivity index (χ1v) is 11.7. The Kier molecular flexibility index (Phi) is 6.00. The number of amides is 3. The third-order valence-electron chi connectivity index (χ3n) is 5.02. The first-order chi connectivity index (χ1) is 14.0. The average molecular weight is 450 g/mol. The summed E-state index contributed by atoms with van der Waals surface area (Å²) in [6.45, 7) is 5.45. The molecule has 1 aliphatic heterocycles. The summed E-state index contributed by atoms with van der Waals surface area (Å²) >= 11 is 1.20. The van der Waals surface area contributed by atoms with E-state index < -0.39 is 26.9 Å². The van der Waals surface area contributed by atoms with Crippen LogP contribution in [0.5, 0.6) is 0 Å². The van der Waals surface area contributed by atoms with Gasteiger partial charge in [-0.15, -0.1) is 11.3 Å². The van der Waals surface area contributed by atoms with Gasteiger partial charge in [0.15, 0.2) is 9.84 Å². The van der Waals surface area contributed by atoms with Crippen molar-refractivity contribution in [1.82, 2.24) is 4.90 Å². The van der Waals surface area contributed by atoms with E-state index in [-0.39, 0.29) is 21.9 Å². The van der Waals surface area contributed by atoms with Crippen molar-refractivity contribution in [2.75, 3.05) is 11.9 Å². The van der Waals surface area contributed by atoms with Gasteiger partial charge < -0.3 is 16.0 Å². The second-order valence-electron chi connectivity index (χ2n) is 7.34.